The Balaban J connectivity index is 2.97. The van der Waals surface area contributed by atoms with Gasteiger partial charge in [-0.15, -0.1) is 0 Å². The van der Waals surface area contributed by atoms with Crippen LogP contribution in [-0.2, 0) is 20.0 Å². The van der Waals surface area contributed by atoms with Crippen LogP contribution in [-0.4, -0.2) is 46.0 Å². The van der Waals surface area contributed by atoms with E-state index in [9.17, 15) is 16.8 Å². The lowest BCUT2D eigenvalue weighted by Crippen LogP contribution is -2.18. The summed E-state index contributed by atoms with van der Waals surface area (Å²) < 4.78 is 54.7. The molecular weight excluding hydrogens is 330 g/mol. The van der Waals surface area contributed by atoms with Crippen LogP contribution < -0.4 is 16.8 Å². The van der Waals surface area contributed by atoms with Crippen molar-refractivity contribution in [1.82, 2.24) is 0 Å². The standard InChI is InChI=1S/C12H21N3O5S2/c13-5-1-2-6-15-11-4-3-10(14)9-12(11)21(16,17)7-8-22(18,19)20/h3-4,9,15H,1-2,5-8,13-14H2,(H,18,19,20). The molecule has 0 saturated heterocycles. The number of hydrogen-bond donors (Lipinski definition) is 4. The van der Waals surface area contributed by atoms with E-state index in [-0.39, 0.29) is 10.6 Å². The fourth-order valence-corrected chi connectivity index (χ4v) is 4.49. The van der Waals surface area contributed by atoms with Crippen LogP contribution in [0.5, 0.6) is 0 Å². The highest BCUT2D eigenvalue weighted by Crippen LogP contribution is 2.25. The summed E-state index contributed by atoms with van der Waals surface area (Å²) in [4.78, 5) is -0.0797. The highest BCUT2D eigenvalue weighted by molar-refractivity contribution is 7.93. The van der Waals surface area contributed by atoms with E-state index in [1.165, 1.54) is 12.1 Å². The molecule has 1 aromatic rings. The lowest BCUT2D eigenvalue weighted by Gasteiger charge is -2.13. The molecular formula is C12H21N3O5S2. The van der Waals surface area contributed by atoms with Gasteiger partial charge >= 0.3 is 0 Å². The van der Waals surface area contributed by atoms with Crippen LogP contribution in [0.15, 0.2) is 23.1 Å². The third-order valence-electron chi connectivity index (χ3n) is 2.90. The Morgan fingerprint density at radius 1 is 1.09 bits per heavy atom. The second-order valence-corrected chi connectivity index (χ2v) is 8.43. The molecule has 1 rings (SSSR count). The lowest BCUT2D eigenvalue weighted by molar-refractivity contribution is 0.484. The molecule has 126 valence electrons. The molecule has 6 N–H and O–H groups in total. The van der Waals surface area contributed by atoms with Crippen molar-refractivity contribution in [3.63, 3.8) is 0 Å². The zero-order chi connectivity index (χ0) is 16.8. The number of sulfone groups is 1. The van der Waals surface area contributed by atoms with Crippen molar-refractivity contribution in [2.75, 3.05) is 35.6 Å². The number of nitrogens with two attached hydrogens (primary N) is 2. The Morgan fingerprint density at radius 3 is 2.36 bits per heavy atom. The van der Waals surface area contributed by atoms with Gasteiger partial charge in [0.05, 0.1) is 22.1 Å². The minimum absolute atomic E-state index is 0.0797. The van der Waals surface area contributed by atoms with E-state index >= 15 is 0 Å². The molecule has 0 atom stereocenters. The van der Waals surface area contributed by atoms with Crippen molar-refractivity contribution in [2.24, 2.45) is 5.73 Å². The van der Waals surface area contributed by atoms with Crippen molar-refractivity contribution >= 4 is 31.3 Å². The summed E-state index contributed by atoms with van der Waals surface area (Å²) in [7, 11) is -8.25. The van der Waals surface area contributed by atoms with Gasteiger partial charge in [-0.3, -0.25) is 4.55 Å². The molecule has 0 amide bonds. The second-order valence-electron chi connectivity index (χ2n) is 4.78. The zero-order valence-corrected chi connectivity index (χ0v) is 13.7. The van der Waals surface area contributed by atoms with Crippen molar-refractivity contribution < 1.29 is 21.4 Å². The molecule has 0 spiro atoms. The molecule has 0 aliphatic heterocycles. The van der Waals surface area contributed by atoms with Crippen molar-refractivity contribution in [3.8, 4) is 0 Å². The molecule has 8 nitrogen and oxygen atoms in total. The number of unbranched alkanes of at least 4 members (excludes halogenated alkanes) is 1. The van der Waals surface area contributed by atoms with Crippen LogP contribution in [0.2, 0.25) is 0 Å². The Hall–Kier alpha value is -1.36. The molecule has 0 saturated carbocycles. The highest BCUT2D eigenvalue weighted by Gasteiger charge is 2.22. The minimum Gasteiger partial charge on any atom is -0.399 e. The van der Waals surface area contributed by atoms with Crippen LogP contribution in [0.3, 0.4) is 0 Å². The molecule has 10 heteroatoms. The number of nitrogen functional groups attached to an aromatic ring is 1. The molecule has 0 aromatic heterocycles. The van der Waals surface area contributed by atoms with Crippen LogP contribution in [0.4, 0.5) is 11.4 Å². The van der Waals surface area contributed by atoms with Gasteiger partial charge in [-0.1, -0.05) is 0 Å². The predicted octanol–water partition coefficient (Wildman–Crippen LogP) is 0.0811. The van der Waals surface area contributed by atoms with Gasteiger partial charge in [-0.25, -0.2) is 8.42 Å². The van der Waals surface area contributed by atoms with Gasteiger partial charge in [0.1, 0.15) is 0 Å². The first-order valence-electron chi connectivity index (χ1n) is 6.67. The summed E-state index contributed by atoms with van der Waals surface area (Å²) >= 11 is 0. The van der Waals surface area contributed by atoms with Crippen molar-refractivity contribution in [1.29, 1.82) is 0 Å². The maximum atomic E-state index is 12.2. The van der Waals surface area contributed by atoms with Gasteiger partial charge in [0, 0.05) is 12.2 Å². The van der Waals surface area contributed by atoms with Gasteiger partial charge in [0.15, 0.2) is 9.84 Å². The molecule has 0 heterocycles. The first kappa shape index (κ1) is 18.7. The average Bonchev–Trinajstić information content (AvgIpc) is 2.42. The molecule has 0 unspecified atom stereocenters. The van der Waals surface area contributed by atoms with E-state index in [0.717, 1.165) is 12.8 Å². The number of benzene rings is 1. The minimum atomic E-state index is -4.36. The smallest absolute Gasteiger partial charge is 0.265 e. The van der Waals surface area contributed by atoms with E-state index in [2.05, 4.69) is 5.32 Å². The van der Waals surface area contributed by atoms with Crippen molar-refractivity contribution in [2.45, 2.75) is 17.7 Å². The van der Waals surface area contributed by atoms with E-state index in [1.54, 1.807) is 6.07 Å². The van der Waals surface area contributed by atoms with Gasteiger partial charge in [-0.2, -0.15) is 8.42 Å². The number of nitrogens with one attached hydrogen (secondary N) is 1. The predicted molar refractivity (Wildman–Crippen MR) is 86.1 cm³/mol. The van der Waals surface area contributed by atoms with Crippen molar-refractivity contribution in [3.05, 3.63) is 18.2 Å². The first-order chi connectivity index (χ1) is 10.2. The monoisotopic (exact) mass is 351 g/mol. The van der Waals surface area contributed by atoms with Gasteiger partial charge in [0.2, 0.25) is 0 Å². The van der Waals surface area contributed by atoms with E-state index in [0.29, 0.717) is 18.8 Å². The summed E-state index contributed by atoms with van der Waals surface area (Å²) in [5.74, 6) is -1.58. The molecule has 1 aromatic carbocycles. The quantitative estimate of drug-likeness (QED) is 0.277. The van der Waals surface area contributed by atoms with E-state index < -0.39 is 31.5 Å². The third-order valence-corrected chi connectivity index (χ3v) is 5.63. The van der Waals surface area contributed by atoms with Gasteiger partial charge in [0.25, 0.3) is 10.1 Å². The number of rotatable bonds is 9. The van der Waals surface area contributed by atoms with Crippen LogP contribution >= 0.6 is 0 Å². The van der Waals surface area contributed by atoms with Gasteiger partial charge < -0.3 is 16.8 Å². The first-order valence-corrected chi connectivity index (χ1v) is 9.93. The number of hydrogen-bond acceptors (Lipinski definition) is 7. The molecule has 0 bridgehead atoms. The maximum Gasteiger partial charge on any atom is 0.265 e. The van der Waals surface area contributed by atoms with Crippen LogP contribution in [0.25, 0.3) is 0 Å². The Kier molecular flexibility index (Phi) is 6.60. The van der Waals surface area contributed by atoms with E-state index in [4.69, 9.17) is 16.0 Å². The van der Waals surface area contributed by atoms with Crippen LogP contribution in [0, 0.1) is 0 Å². The second kappa shape index (κ2) is 7.77. The average molecular weight is 351 g/mol. The fraction of sp³-hybridized carbons (Fsp3) is 0.500. The lowest BCUT2D eigenvalue weighted by atomic mass is 10.2. The molecule has 22 heavy (non-hydrogen) atoms. The molecule has 0 fully saturated rings. The normalized spacial score (nSPS) is 12.3. The Labute approximate surface area is 130 Å². The van der Waals surface area contributed by atoms with Gasteiger partial charge in [-0.05, 0) is 37.6 Å². The fourth-order valence-electron chi connectivity index (χ4n) is 1.76. The topological polar surface area (TPSA) is 153 Å². The molecule has 0 aliphatic carbocycles. The molecule has 0 radical (unpaired) electrons. The largest absolute Gasteiger partial charge is 0.399 e. The number of anilines is 2. The maximum absolute atomic E-state index is 12.2. The summed E-state index contributed by atoms with van der Waals surface area (Å²) in [6, 6.07) is 4.34. The van der Waals surface area contributed by atoms with E-state index in [1.807, 2.05) is 0 Å². The summed E-state index contributed by atoms with van der Waals surface area (Å²) in [6.45, 7) is 1.07. The highest BCUT2D eigenvalue weighted by atomic mass is 32.2. The Morgan fingerprint density at radius 2 is 1.77 bits per heavy atom. The summed E-state index contributed by atoms with van der Waals surface area (Å²) in [5, 5.41) is 2.98. The third kappa shape index (κ3) is 6.18. The Bertz CT molecular complexity index is 701. The SMILES string of the molecule is NCCCCNc1ccc(N)cc1S(=O)(=O)CCS(=O)(=O)O. The summed E-state index contributed by atoms with van der Waals surface area (Å²) in [5.41, 5.74) is 11.6. The van der Waals surface area contributed by atoms with Crippen LogP contribution in [0.1, 0.15) is 12.8 Å². The summed E-state index contributed by atoms with van der Waals surface area (Å²) in [6.07, 6.45) is 1.57. The molecule has 0 aliphatic rings. The zero-order valence-electron chi connectivity index (χ0n) is 12.0.